The quantitative estimate of drug-likeness (QED) is 0.790. The summed E-state index contributed by atoms with van der Waals surface area (Å²) in [5.74, 6) is -0.950. The first kappa shape index (κ1) is 11.7. The maximum absolute atomic E-state index is 10.7. The highest BCUT2D eigenvalue weighted by atomic mass is 16.4. The van der Waals surface area contributed by atoms with E-state index in [0.717, 1.165) is 16.7 Å². The molecule has 0 spiro atoms. The van der Waals surface area contributed by atoms with Gasteiger partial charge in [0.05, 0.1) is 0 Å². The number of carboxylic acid groups (broad SMARTS) is 1. The largest absolute Gasteiger partial charge is 0.480 e. The van der Waals surface area contributed by atoms with Crippen LogP contribution in [0.5, 0.6) is 0 Å². The van der Waals surface area contributed by atoms with Gasteiger partial charge in [-0.2, -0.15) is 0 Å². The van der Waals surface area contributed by atoms with Gasteiger partial charge in [-0.05, 0) is 43.9 Å². The fourth-order valence-corrected chi connectivity index (χ4v) is 1.84. The number of rotatable bonds is 3. The maximum Gasteiger partial charge on any atom is 0.320 e. The van der Waals surface area contributed by atoms with Gasteiger partial charge in [0.25, 0.3) is 0 Å². The first-order valence-electron chi connectivity index (χ1n) is 4.97. The molecule has 1 rings (SSSR count). The van der Waals surface area contributed by atoms with Crippen LogP contribution >= 0.6 is 0 Å². The van der Waals surface area contributed by atoms with Crippen molar-refractivity contribution < 1.29 is 9.90 Å². The lowest BCUT2D eigenvalue weighted by Crippen LogP contribution is -2.32. The van der Waals surface area contributed by atoms with Crippen LogP contribution in [0, 0.1) is 20.8 Å². The van der Waals surface area contributed by atoms with Gasteiger partial charge in [-0.15, -0.1) is 0 Å². The van der Waals surface area contributed by atoms with E-state index in [1.165, 1.54) is 5.56 Å². The summed E-state index contributed by atoms with van der Waals surface area (Å²) in [4.78, 5) is 10.7. The van der Waals surface area contributed by atoms with E-state index >= 15 is 0 Å². The first-order chi connectivity index (χ1) is 6.91. The molecule has 0 amide bonds. The van der Waals surface area contributed by atoms with Crippen LogP contribution in [0.15, 0.2) is 12.1 Å². The zero-order valence-electron chi connectivity index (χ0n) is 9.37. The van der Waals surface area contributed by atoms with Crippen molar-refractivity contribution in [2.75, 3.05) is 0 Å². The number of hydrogen-bond donors (Lipinski definition) is 2. The Balaban J connectivity index is 3.00. The molecule has 1 aromatic carbocycles. The summed E-state index contributed by atoms with van der Waals surface area (Å²) in [6, 6.07) is 3.29. The summed E-state index contributed by atoms with van der Waals surface area (Å²) in [5.41, 5.74) is 10.00. The summed E-state index contributed by atoms with van der Waals surface area (Å²) in [5, 5.41) is 8.75. The summed E-state index contributed by atoms with van der Waals surface area (Å²) >= 11 is 0. The van der Waals surface area contributed by atoms with E-state index in [4.69, 9.17) is 10.8 Å². The van der Waals surface area contributed by atoms with Gasteiger partial charge in [-0.1, -0.05) is 17.7 Å². The van der Waals surface area contributed by atoms with E-state index < -0.39 is 12.0 Å². The minimum absolute atomic E-state index is 0.396. The highest BCUT2D eigenvalue weighted by Crippen LogP contribution is 2.17. The van der Waals surface area contributed by atoms with Gasteiger partial charge >= 0.3 is 5.97 Å². The second kappa shape index (κ2) is 4.45. The highest BCUT2D eigenvalue weighted by Gasteiger charge is 2.14. The molecule has 3 N–H and O–H groups in total. The first-order valence-corrected chi connectivity index (χ1v) is 4.97. The molecule has 0 aliphatic carbocycles. The molecule has 0 aliphatic rings. The lowest BCUT2D eigenvalue weighted by Gasteiger charge is -2.13. The summed E-state index contributed by atoms with van der Waals surface area (Å²) in [6.45, 7) is 6.01. The number of aliphatic carboxylic acids is 1. The lowest BCUT2D eigenvalue weighted by molar-refractivity contribution is -0.138. The Morgan fingerprint density at radius 3 is 2.20 bits per heavy atom. The Kier molecular flexibility index (Phi) is 3.48. The van der Waals surface area contributed by atoms with Crippen molar-refractivity contribution in [2.24, 2.45) is 5.73 Å². The predicted molar refractivity (Wildman–Crippen MR) is 60.0 cm³/mol. The number of hydrogen-bond acceptors (Lipinski definition) is 2. The molecule has 1 aromatic rings. The minimum atomic E-state index is -0.950. The third-order valence-electron chi connectivity index (χ3n) is 2.58. The van der Waals surface area contributed by atoms with Crippen LogP contribution in [0.1, 0.15) is 22.3 Å². The predicted octanol–water partition coefficient (Wildman–Crippen LogP) is 1.57. The van der Waals surface area contributed by atoms with Crippen LogP contribution in [0.2, 0.25) is 0 Å². The molecule has 1 atom stereocenters. The molecule has 0 heterocycles. The Hall–Kier alpha value is -1.35. The van der Waals surface area contributed by atoms with E-state index in [2.05, 4.69) is 12.1 Å². The molecule has 0 saturated carbocycles. The molecule has 0 unspecified atom stereocenters. The summed E-state index contributed by atoms with van der Waals surface area (Å²) in [7, 11) is 0. The average Bonchev–Trinajstić information content (AvgIpc) is 2.10. The normalized spacial score (nSPS) is 12.5. The minimum Gasteiger partial charge on any atom is -0.480 e. The summed E-state index contributed by atoms with van der Waals surface area (Å²) < 4.78 is 0. The molecule has 0 aliphatic heterocycles. The van der Waals surface area contributed by atoms with Crippen LogP contribution in [0.3, 0.4) is 0 Å². The van der Waals surface area contributed by atoms with Crippen molar-refractivity contribution in [2.45, 2.75) is 33.2 Å². The van der Waals surface area contributed by atoms with Crippen LogP contribution in [0.4, 0.5) is 0 Å². The topological polar surface area (TPSA) is 63.3 Å². The zero-order chi connectivity index (χ0) is 11.6. The Labute approximate surface area is 89.9 Å². The monoisotopic (exact) mass is 207 g/mol. The van der Waals surface area contributed by atoms with E-state index in [1.54, 1.807) is 0 Å². The van der Waals surface area contributed by atoms with Crippen molar-refractivity contribution in [1.29, 1.82) is 0 Å². The molecule has 0 bridgehead atoms. The fraction of sp³-hybridized carbons (Fsp3) is 0.417. The molecule has 82 valence electrons. The van der Waals surface area contributed by atoms with Crippen molar-refractivity contribution in [1.82, 2.24) is 0 Å². The second-order valence-corrected chi connectivity index (χ2v) is 4.03. The van der Waals surface area contributed by atoms with Crippen molar-refractivity contribution in [3.8, 4) is 0 Å². The summed E-state index contributed by atoms with van der Waals surface area (Å²) in [6.07, 6.45) is 0.396. The van der Waals surface area contributed by atoms with E-state index in [0.29, 0.717) is 6.42 Å². The van der Waals surface area contributed by atoms with E-state index in [-0.39, 0.29) is 0 Å². The number of nitrogens with two attached hydrogens (primary N) is 1. The number of carboxylic acids is 1. The van der Waals surface area contributed by atoms with Crippen LogP contribution in [-0.4, -0.2) is 17.1 Å². The third-order valence-corrected chi connectivity index (χ3v) is 2.58. The molecule has 0 saturated heterocycles. The molecule has 0 aromatic heterocycles. The van der Waals surface area contributed by atoms with Gasteiger partial charge in [0.2, 0.25) is 0 Å². The molecule has 3 nitrogen and oxygen atoms in total. The smallest absolute Gasteiger partial charge is 0.320 e. The van der Waals surface area contributed by atoms with Gasteiger partial charge in [0.1, 0.15) is 6.04 Å². The standard InChI is InChI=1S/C12H17NO2/c1-7-4-8(2)10(9(3)5-7)6-11(13)12(14)15/h4-5,11H,6,13H2,1-3H3,(H,14,15)/t11-/m1/s1. The molecule has 0 fully saturated rings. The molecule has 15 heavy (non-hydrogen) atoms. The van der Waals surface area contributed by atoms with Gasteiger partial charge in [-0.25, -0.2) is 0 Å². The molecular weight excluding hydrogens is 190 g/mol. The van der Waals surface area contributed by atoms with E-state index in [1.807, 2.05) is 20.8 Å². The number of aryl methyl sites for hydroxylation is 3. The number of benzene rings is 1. The van der Waals surface area contributed by atoms with Crippen LogP contribution < -0.4 is 5.73 Å². The van der Waals surface area contributed by atoms with Gasteiger partial charge < -0.3 is 10.8 Å². The zero-order valence-corrected chi connectivity index (χ0v) is 9.37. The van der Waals surface area contributed by atoms with E-state index in [9.17, 15) is 4.79 Å². The Bertz CT molecular complexity index is 362. The lowest BCUT2D eigenvalue weighted by atomic mass is 9.95. The fourth-order valence-electron chi connectivity index (χ4n) is 1.84. The Morgan fingerprint density at radius 2 is 1.80 bits per heavy atom. The van der Waals surface area contributed by atoms with Crippen molar-refractivity contribution >= 4 is 5.97 Å². The highest BCUT2D eigenvalue weighted by molar-refractivity contribution is 5.73. The third kappa shape index (κ3) is 2.80. The van der Waals surface area contributed by atoms with Gasteiger partial charge in [0.15, 0.2) is 0 Å². The molecule has 3 heteroatoms. The van der Waals surface area contributed by atoms with Crippen molar-refractivity contribution in [3.05, 3.63) is 34.4 Å². The second-order valence-electron chi connectivity index (χ2n) is 4.03. The average molecular weight is 207 g/mol. The van der Waals surface area contributed by atoms with Crippen LogP contribution in [0.25, 0.3) is 0 Å². The number of carbonyl (C=O) groups is 1. The van der Waals surface area contributed by atoms with Crippen LogP contribution in [-0.2, 0) is 11.2 Å². The van der Waals surface area contributed by atoms with Gasteiger partial charge in [-0.3, -0.25) is 4.79 Å². The molecule has 0 radical (unpaired) electrons. The maximum atomic E-state index is 10.7. The molecular formula is C12H17NO2. The van der Waals surface area contributed by atoms with Gasteiger partial charge in [0, 0.05) is 0 Å². The van der Waals surface area contributed by atoms with Crippen molar-refractivity contribution in [3.63, 3.8) is 0 Å². The SMILES string of the molecule is Cc1cc(C)c(C[C@@H](N)C(=O)O)c(C)c1. The Morgan fingerprint density at radius 1 is 1.33 bits per heavy atom.